The van der Waals surface area contributed by atoms with Crippen LogP contribution in [0.4, 0.5) is 4.39 Å². The van der Waals surface area contributed by atoms with Gasteiger partial charge in [-0.2, -0.15) is 0 Å². The molecular formula is C18H21FN2O3. The van der Waals surface area contributed by atoms with Crippen molar-refractivity contribution in [3.63, 3.8) is 0 Å². The third-order valence-electron chi connectivity index (χ3n) is 5.11. The van der Waals surface area contributed by atoms with Crippen LogP contribution >= 0.6 is 0 Å². The van der Waals surface area contributed by atoms with E-state index in [1.807, 2.05) is 11.0 Å². The lowest BCUT2D eigenvalue weighted by Crippen LogP contribution is -2.48. The lowest BCUT2D eigenvalue weighted by Gasteiger charge is -2.31. The number of amides is 1. The summed E-state index contributed by atoms with van der Waals surface area (Å²) in [6.07, 6.45) is 7.52. The molecule has 4 rings (SSSR count). The maximum absolute atomic E-state index is 13.9. The van der Waals surface area contributed by atoms with Crippen LogP contribution in [0.3, 0.4) is 0 Å². The van der Waals surface area contributed by atoms with E-state index in [2.05, 4.69) is 4.98 Å². The summed E-state index contributed by atoms with van der Waals surface area (Å²) in [5.41, 5.74) is 0.892. The maximum atomic E-state index is 13.9. The standard InChI is InChI=1S/C18H21FN2O3/c19-13-6-3-9-20-17(13)24-16-14-7-8-15(16)23-11-10-21(14)18(22)12-4-1-2-5-12/h3-4,6,9,14-16H,1-2,5,7-8,10-11H2/t14-,15-,16+/m0/s1. The van der Waals surface area contributed by atoms with Crippen molar-refractivity contribution in [2.24, 2.45) is 0 Å². The smallest absolute Gasteiger partial charge is 0.250 e. The first kappa shape index (κ1) is 15.6. The van der Waals surface area contributed by atoms with E-state index in [-0.39, 0.29) is 30.0 Å². The first-order valence-corrected chi connectivity index (χ1v) is 8.63. The van der Waals surface area contributed by atoms with Crippen LogP contribution < -0.4 is 4.74 Å². The quantitative estimate of drug-likeness (QED) is 0.853. The number of nitrogens with zero attached hydrogens (tertiary/aromatic N) is 2. The molecule has 3 aliphatic rings. The monoisotopic (exact) mass is 332 g/mol. The highest BCUT2D eigenvalue weighted by atomic mass is 19.1. The lowest BCUT2D eigenvalue weighted by molar-refractivity contribution is -0.130. The zero-order valence-electron chi connectivity index (χ0n) is 13.5. The molecule has 1 aromatic rings. The zero-order chi connectivity index (χ0) is 16.5. The van der Waals surface area contributed by atoms with Crippen LogP contribution in [0.1, 0.15) is 32.1 Å². The largest absolute Gasteiger partial charge is 0.467 e. The van der Waals surface area contributed by atoms with E-state index in [0.717, 1.165) is 37.7 Å². The predicted octanol–water partition coefficient (Wildman–Crippen LogP) is 2.47. The summed E-state index contributed by atoms with van der Waals surface area (Å²) in [7, 11) is 0. The van der Waals surface area contributed by atoms with Crippen LogP contribution in [0.15, 0.2) is 30.0 Å². The fourth-order valence-corrected chi connectivity index (χ4v) is 3.93. The fourth-order valence-electron chi connectivity index (χ4n) is 3.93. The van der Waals surface area contributed by atoms with Crippen molar-refractivity contribution in [2.75, 3.05) is 13.2 Å². The highest BCUT2D eigenvalue weighted by molar-refractivity contribution is 5.94. The Morgan fingerprint density at radius 2 is 2.33 bits per heavy atom. The molecule has 3 atom stereocenters. The van der Waals surface area contributed by atoms with E-state index >= 15 is 0 Å². The third-order valence-corrected chi connectivity index (χ3v) is 5.11. The van der Waals surface area contributed by atoms with Gasteiger partial charge in [0.15, 0.2) is 5.82 Å². The molecule has 24 heavy (non-hydrogen) atoms. The Morgan fingerprint density at radius 3 is 3.12 bits per heavy atom. The molecule has 0 N–H and O–H groups in total. The van der Waals surface area contributed by atoms with E-state index in [1.54, 1.807) is 0 Å². The van der Waals surface area contributed by atoms with E-state index < -0.39 is 5.82 Å². The molecule has 2 bridgehead atoms. The van der Waals surface area contributed by atoms with Crippen molar-refractivity contribution in [1.82, 2.24) is 9.88 Å². The Hall–Kier alpha value is -1.95. The Balaban J connectivity index is 1.57. The van der Waals surface area contributed by atoms with Crippen molar-refractivity contribution in [3.05, 3.63) is 35.8 Å². The van der Waals surface area contributed by atoms with E-state index in [9.17, 15) is 9.18 Å². The van der Waals surface area contributed by atoms with Gasteiger partial charge in [-0.15, -0.1) is 0 Å². The van der Waals surface area contributed by atoms with Gasteiger partial charge < -0.3 is 14.4 Å². The van der Waals surface area contributed by atoms with Crippen LogP contribution in [0.25, 0.3) is 0 Å². The molecule has 2 fully saturated rings. The highest BCUT2D eigenvalue weighted by Gasteiger charge is 2.46. The number of aromatic nitrogens is 1. The van der Waals surface area contributed by atoms with Gasteiger partial charge >= 0.3 is 0 Å². The minimum atomic E-state index is -0.488. The number of fused-ring (bicyclic) bond motifs is 2. The molecule has 0 aromatic carbocycles. The summed E-state index contributed by atoms with van der Waals surface area (Å²) in [5, 5.41) is 0. The summed E-state index contributed by atoms with van der Waals surface area (Å²) in [6.45, 7) is 1.05. The second-order valence-corrected chi connectivity index (χ2v) is 6.55. The van der Waals surface area contributed by atoms with E-state index in [1.165, 1.54) is 18.3 Å². The molecule has 2 heterocycles. The van der Waals surface area contributed by atoms with Gasteiger partial charge in [-0.25, -0.2) is 9.37 Å². The van der Waals surface area contributed by atoms with Crippen molar-refractivity contribution in [3.8, 4) is 5.88 Å². The molecule has 0 unspecified atom stereocenters. The molecule has 1 aromatic heterocycles. The van der Waals surface area contributed by atoms with Gasteiger partial charge in [0.1, 0.15) is 6.10 Å². The number of hydrogen-bond acceptors (Lipinski definition) is 4. The number of halogens is 1. The second-order valence-electron chi connectivity index (χ2n) is 6.55. The minimum absolute atomic E-state index is 0.0163. The van der Waals surface area contributed by atoms with Crippen LogP contribution in [0, 0.1) is 5.82 Å². The number of ether oxygens (including phenoxy) is 2. The van der Waals surface area contributed by atoms with Crippen molar-refractivity contribution >= 4 is 5.91 Å². The molecular weight excluding hydrogens is 311 g/mol. The highest BCUT2D eigenvalue weighted by Crippen LogP contribution is 2.34. The van der Waals surface area contributed by atoms with E-state index in [4.69, 9.17) is 9.47 Å². The maximum Gasteiger partial charge on any atom is 0.250 e. The number of hydrogen-bond donors (Lipinski definition) is 0. The number of carbonyl (C=O) groups excluding carboxylic acids is 1. The van der Waals surface area contributed by atoms with Crippen molar-refractivity contribution < 1.29 is 18.7 Å². The topological polar surface area (TPSA) is 51.7 Å². The second kappa shape index (κ2) is 6.51. The molecule has 1 aliphatic heterocycles. The Kier molecular flexibility index (Phi) is 4.22. The molecule has 0 radical (unpaired) electrons. The molecule has 0 spiro atoms. The summed E-state index contributed by atoms with van der Waals surface area (Å²) in [4.78, 5) is 18.7. The number of pyridine rings is 1. The number of carbonyl (C=O) groups is 1. The minimum Gasteiger partial charge on any atom is -0.467 e. The van der Waals surface area contributed by atoms with Gasteiger partial charge in [-0.1, -0.05) is 6.08 Å². The van der Waals surface area contributed by atoms with Crippen molar-refractivity contribution in [1.29, 1.82) is 0 Å². The van der Waals surface area contributed by atoms with Gasteiger partial charge in [0.25, 0.3) is 5.88 Å². The average Bonchev–Trinajstić information content (AvgIpc) is 3.18. The van der Waals surface area contributed by atoms with Gasteiger partial charge in [0.2, 0.25) is 5.91 Å². The molecule has 1 saturated carbocycles. The Labute approximate surface area is 140 Å². The predicted molar refractivity (Wildman–Crippen MR) is 85.0 cm³/mol. The number of rotatable bonds is 3. The van der Waals surface area contributed by atoms with Gasteiger partial charge in [0, 0.05) is 18.3 Å². The summed E-state index contributed by atoms with van der Waals surface area (Å²) in [6, 6.07) is 2.77. The van der Waals surface area contributed by atoms with Crippen LogP contribution in [0.5, 0.6) is 5.88 Å². The van der Waals surface area contributed by atoms with Crippen molar-refractivity contribution in [2.45, 2.75) is 50.4 Å². The molecule has 5 nitrogen and oxygen atoms in total. The zero-order valence-corrected chi connectivity index (χ0v) is 13.5. The Bertz CT molecular complexity index is 663. The lowest BCUT2D eigenvalue weighted by atomic mass is 10.1. The number of allylic oxidation sites excluding steroid dienone is 1. The molecule has 1 amide bonds. The Morgan fingerprint density at radius 1 is 1.42 bits per heavy atom. The van der Waals surface area contributed by atoms with E-state index in [0.29, 0.717) is 13.2 Å². The van der Waals surface area contributed by atoms with Crippen LogP contribution in [-0.4, -0.2) is 47.2 Å². The van der Waals surface area contributed by atoms with Crippen LogP contribution in [-0.2, 0) is 9.53 Å². The normalized spacial score (nSPS) is 29.3. The molecule has 6 heteroatoms. The molecule has 128 valence electrons. The fraction of sp³-hybridized carbons (Fsp3) is 0.556. The summed E-state index contributed by atoms with van der Waals surface area (Å²) < 4.78 is 25.6. The SMILES string of the molecule is O=C(C1=CCCC1)N1CCO[C@H]2CC[C@H]1[C@H]2Oc1ncccc1F. The first-order valence-electron chi connectivity index (χ1n) is 8.63. The third kappa shape index (κ3) is 2.79. The van der Waals surface area contributed by atoms with Crippen LogP contribution in [0.2, 0.25) is 0 Å². The first-order chi connectivity index (χ1) is 11.7. The summed E-state index contributed by atoms with van der Waals surface area (Å²) >= 11 is 0. The van der Waals surface area contributed by atoms with Gasteiger partial charge in [-0.05, 0) is 44.2 Å². The van der Waals surface area contributed by atoms with Gasteiger partial charge in [0.05, 0.1) is 18.8 Å². The van der Waals surface area contributed by atoms with Gasteiger partial charge in [-0.3, -0.25) is 4.79 Å². The molecule has 1 saturated heterocycles. The molecule has 2 aliphatic carbocycles. The summed E-state index contributed by atoms with van der Waals surface area (Å²) in [5.74, 6) is -0.423. The average molecular weight is 332 g/mol.